The van der Waals surface area contributed by atoms with Crippen molar-refractivity contribution in [2.24, 2.45) is 12.1 Å². The molecular weight excluding hydrogens is 314 g/mol. The Bertz CT molecular complexity index is 1000. The van der Waals surface area contributed by atoms with E-state index in [1.807, 2.05) is 6.07 Å². The van der Waals surface area contributed by atoms with Crippen molar-refractivity contribution < 1.29 is 5.11 Å². The van der Waals surface area contributed by atoms with Gasteiger partial charge in [-0.2, -0.15) is 10.1 Å². The SMILES string of the molecule is Cn1c(=O)[nH]c(=O)c2c1nc(N/N=C\c1cccnc1)n2CCO. The molecule has 0 aliphatic rings. The lowest BCUT2D eigenvalue weighted by Crippen LogP contribution is -2.29. The quantitative estimate of drug-likeness (QED) is 0.417. The number of hydrogen-bond acceptors (Lipinski definition) is 7. The highest BCUT2D eigenvalue weighted by Gasteiger charge is 2.16. The number of pyridine rings is 1. The van der Waals surface area contributed by atoms with Crippen molar-refractivity contribution in [3.05, 3.63) is 50.9 Å². The number of hydrazone groups is 1. The van der Waals surface area contributed by atoms with Crippen LogP contribution in [-0.2, 0) is 13.6 Å². The molecule has 0 amide bonds. The molecule has 0 saturated heterocycles. The van der Waals surface area contributed by atoms with Crippen molar-refractivity contribution in [3.8, 4) is 0 Å². The largest absolute Gasteiger partial charge is 0.395 e. The van der Waals surface area contributed by atoms with E-state index < -0.39 is 11.2 Å². The fourth-order valence-corrected chi connectivity index (χ4v) is 2.25. The molecule has 3 aromatic rings. The molecule has 124 valence electrons. The van der Waals surface area contributed by atoms with E-state index in [0.29, 0.717) is 0 Å². The number of aliphatic hydroxyl groups excluding tert-OH is 1. The first kappa shape index (κ1) is 15.6. The first-order valence-corrected chi connectivity index (χ1v) is 7.11. The molecule has 10 nitrogen and oxygen atoms in total. The monoisotopic (exact) mass is 329 g/mol. The van der Waals surface area contributed by atoms with Crippen LogP contribution >= 0.6 is 0 Å². The fraction of sp³-hybridized carbons (Fsp3) is 0.214. The number of nitrogens with zero attached hydrogens (tertiary/aromatic N) is 5. The Labute approximate surface area is 135 Å². The number of aromatic nitrogens is 5. The standard InChI is InChI=1S/C14H15N7O3/c1-20-11-10(12(23)18-14(20)24)21(5-6-22)13(17-11)19-16-8-9-3-2-4-15-7-9/h2-4,7-8,22H,5-6H2,1H3,(H,17,19)(H,18,23,24)/b16-8-. The van der Waals surface area contributed by atoms with Crippen LogP contribution in [0, 0.1) is 0 Å². The van der Waals surface area contributed by atoms with Crippen LogP contribution in [0.25, 0.3) is 11.2 Å². The van der Waals surface area contributed by atoms with Gasteiger partial charge >= 0.3 is 5.69 Å². The third-order valence-electron chi connectivity index (χ3n) is 3.39. The van der Waals surface area contributed by atoms with Crippen LogP contribution in [0.1, 0.15) is 5.56 Å². The molecule has 3 rings (SSSR count). The van der Waals surface area contributed by atoms with Gasteiger partial charge in [0, 0.05) is 31.5 Å². The van der Waals surface area contributed by atoms with E-state index in [-0.39, 0.29) is 30.3 Å². The minimum absolute atomic E-state index is 0.128. The van der Waals surface area contributed by atoms with Crippen LogP contribution in [0.4, 0.5) is 5.95 Å². The summed E-state index contributed by atoms with van der Waals surface area (Å²) in [6, 6.07) is 3.60. The smallest absolute Gasteiger partial charge is 0.329 e. The van der Waals surface area contributed by atoms with E-state index in [9.17, 15) is 14.7 Å². The van der Waals surface area contributed by atoms with E-state index in [4.69, 9.17) is 0 Å². The van der Waals surface area contributed by atoms with Crippen molar-refractivity contribution in [2.45, 2.75) is 6.54 Å². The van der Waals surface area contributed by atoms with E-state index in [0.717, 1.165) is 5.56 Å². The number of fused-ring (bicyclic) bond motifs is 1. The van der Waals surface area contributed by atoms with E-state index >= 15 is 0 Å². The second-order valence-electron chi connectivity index (χ2n) is 4.96. The van der Waals surface area contributed by atoms with E-state index in [1.165, 1.54) is 16.2 Å². The van der Waals surface area contributed by atoms with Crippen LogP contribution < -0.4 is 16.7 Å². The van der Waals surface area contributed by atoms with Gasteiger partial charge < -0.3 is 9.67 Å². The lowest BCUT2D eigenvalue weighted by atomic mass is 10.3. The lowest BCUT2D eigenvalue weighted by Gasteiger charge is -2.05. The van der Waals surface area contributed by atoms with Gasteiger partial charge in [0.25, 0.3) is 5.56 Å². The van der Waals surface area contributed by atoms with Crippen LogP contribution in [-0.4, -0.2) is 42.0 Å². The molecule has 0 saturated carbocycles. The molecule has 3 N–H and O–H groups in total. The zero-order chi connectivity index (χ0) is 17.1. The van der Waals surface area contributed by atoms with Crippen LogP contribution in [0.3, 0.4) is 0 Å². The van der Waals surface area contributed by atoms with Crippen molar-refractivity contribution in [1.82, 2.24) is 24.1 Å². The van der Waals surface area contributed by atoms with Gasteiger partial charge in [-0.1, -0.05) is 6.07 Å². The molecule has 10 heteroatoms. The minimum Gasteiger partial charge on any atom is -0.395 e. The summed E-state index contributed by atoms with van der Waals surface area (Å²) < 4.78 is 2.69. The Morgan fingerprint density at radius 2 is 2.29 bits per heavy atom. The van der Waals surface area contributed by atoms with Gasteiger partial charge in [0.2, 0.25) is 5.95 Å². The van der Waals surface area contributed by atoms with E-state index in [2.05, 4.69) is 25.5 Å². The van der Waals surface area contributed by atoms with Crippen LogP contribution in [0.5, 0.6) is 0 Å². The number of anilines is 1. The summed E-state index contributed by atoms with van der Waals surface area (Å²) in [5.41, 5.74) is 2.76. The Balaban J connectivity index is 2.04. The van der Waals surface area contributed by atoms with Gasteiger partial charge in [0.15, 0.2) is 11.2 Å². The number of rotatable bonds is 5. The number of nitrogens with one attached hydrogen (secondary N) is 2. The predicted octanol–water partition coefficient (Wildman–Crippen LogP) is -0.743. The number of aryl methyl sites for hydroxylation is 1. The molecule has 24 heavy (non-hydrogen) atoms. The van der Waals surface area contributed by atoms with Crippen molar-refractivity contribution in [1.29, 1.82) is 0 Å². The average Bonchev–Trinajstić information content (AvgIpc) is 2.93. The summed E-state index contributed by atoms with van der Waals surface area (Å²) in [5, 5.41) is 13.3. The number of aromatic amines is 1. The highest BCUT2D eigenvalue weighted by atomic mass is 16.3. The van der Waals surface area contributed by atoms with Crippen molar-refractivity contribution in [3.63, 3.8) is 0 Å². The Kier molecular flexibility index (Phi) is 4.20. The summed E-state index contributed by atoms with van der Waals surface area (Å²) >= 11 is 0. The highest BCUT2D eigenvalue weighted by Crippen LogP contribution is 2.14. The van der Waals surface area contributed by atoms with Gasteiger partial charge in [-0.25, -0.2) is 10.2 Å². The first-order chi connectivity index (χ1) is 11.6. The van der Waals surface area contributed by atoms with Crippen molar-refractivity contribution >= 4 is 23.3 Å². The number of aliphatic hydroxyl groups is 1. The zero-order valence-electron chi connectivity index (χ0n) is 12.8. The number of imidazole rings is 1. The lowest BCUT2D eigenvalue weighted by molar-refractivity contribution is 0.278. The predicted molar refractivity (Wildman–Crippen MR) is 88.1 cm³/mol. The fourth-order valence-electron chi connectivity index (χ4n) is 2.25. The topological polar surface area (TPSA) is 130 Å². The molecule has 0 bridgehead atoms. The molecule has 3 heterocycles. The summed E-state index contributed by atoms with van der Waals surface area (Å²) in [4.78, 5) is 34.2. The second-order valence-corrected chi connectivity index (χ2v) is 4.96. The molecule has 0 unspecified atom stereocenters. The average molecular weight is 329 g/mol. The third kappa shape index (κ3) is 2.82. The molecule has 0 aromatic carbocycles. The second kappa shape index (κ2) is 6.46. The Morgan fingerprint density at radius 3 is 3.00 bits per heavy atom. The highest BCUT2D eigenvalue weighted by molar-refractivity contribution is 5.80. The van der Waals surface area contributed by atoms with E-state index in [1.54, 1.807) is 24.7 Å². The van der Waals surface area contributed by atoms with Crippen LogP contribution in [0.15, 0.2) is 39.2 Å². The molecular formula is C14H15N7O3. The molecule has 0 radical (unpaired) electrons. The zero-order valence-corrected chi connectivity index (χ0v) is 12.8. The normalized spacial score (nSPS) is 11.4. The Hall–Kier alpha value is -3.27. The first-order valence-electron chi connectivity index (χ1n) is 7.11. The maximum Gasteiger partial charge on any atom is 0.329 e. The third-order valence-corrected chi connectivity index (χ3v) is 3.39. The summed E-state index contributed by atoms with van der Waals surface area (Å²) in [5.74, 6) is 0.242. The molecule has 3 aromatic heterocycles. The van der Waals surface area contributed by atoms with Gasteiger partial charge in [0.1, 0.15) is 0 Å². The number of hydrogen-bond donors (Lipinski definition) is 3. The van der Waals surface area contributed by atoms with Gasteiger partial charge in [-0.05, 0) is 6.07 Å². The van der Waals surface area contributed by atoms with Gasteiger partial charge in [-0.15, -0.1) is 0 Å². The minimum atomic E-state index is -0.571. The Morgan fingerprint density at radius 1 is 1.46 bits per heavy atom. The maximum atomic E-state index is 12.1. The number of H-pyrrole nitrogens is 1. The molecule has 0 atom stereocenters. The summed E-state index contributed by atoms with van der Waals surface area (Å²) in [7, 11) is 1.50. The molecule has 0 aliphatic heterocycles. The van der Waals surface area contributed by atoms with Gasteiger partial charge in [0.05, 0.1) is 12.8 Å². The molecule has 0 fully saturated rings. The van der Waals surface area contributed by atoms with Gasteiger partial charge in [-0.3, -0.25) is 19.3 Å². The molecule has 0 aliphatic carbocycles. The summed E-state index contributed by atoms with van der Waals surface area (Å²) in [6.45, 7) is -0.0722. The molecule has 0 spiro atoms. The maximum absolute atomic E-state index is 12.1. The summed E-state index contributed by atoms with van der Waals surface area (Å²) in [6.07, 6.45) is 4.83. The van der Waals surface area contributed by atoms with Crippen LogP contribution in [0.2, 0.25) is 0 Å². The van der Waals surface area contributed by atoms with Crippen molar-refractivity contribution in [2.75, 3.05) is 12.0 Å².